The molecule has 5 nitrogen and oxygen atoms in total. The first-order chi connectivity index (χ1) is 9.13. The van der Waals surface area contributed by atoms with E-state index in [1.807, 2.05) is 0 Å². The Balaban J connectivity index is 2.01. The molecule has 0 amide bonds. The van der Waals surface area contributed by atoms with Crippen molar-refractivity contribution >= 4 is 5.97 Å². The first kappa shape index (κ1) is 14.1. The van der Waals surface area contributed by atoms with E-state index < -0.39 is 0 Å². The Labute approximate surface area is 113 Å². The van der Waals surface area contributed by atoms with Gasteiger partial charge < -0.3 is 14.9 Å². The van der Waals surface area contributed by atoms with Crippen molar-refractivity contribution < 1.29 is 13.9 Å². The summed E-state index contributed by atoms with van der Waals surface area (Å²) in [6.45, 7) is 5.32. The van der Waals surface area contributed by atoms with Gasteiger partial charge in [-0.15, -0.1) is 0 Å². The lowest BCUT2D eigenvalue weighted by atomic mass is 9.98. The summed E-state index contributed by atoms with van der Waals surface area (Å²) in [6, 6.07) is 1.78. The highest BCUT2D eigenvalue weighted by molar-refractivity contribution is 5.90. The third kappa shape index (κ3) is 3.36. The van der Waals surface area contributed by atoms with Crippen LogP contribution in [0, 0.1) is 12.8 Å². The molecular formula is C14H22N2O3. The van der Waals surface area contributed by atoms with Gasteiger partial charge in [-0.2, -0.15) is 0 Å². The number of esters is 1. The molecule has 0 aliphatic carbocycles. The van der Waals surface area contributed by atoms with Crippen LogP contribution in [0.2, 0.25) is 0 Å². The van der Waals surface area contributed by atoms with Crippen LogP contribution in [-0.2, 0) is 11.3 Å². The molecule has 0 saturated carbocycles. The lowest BCUT2D eigenvalue weighted by Gasteiger charge is -2.31. The number of likely N-dealkylation sites (tertiary alicyclic amines) is 1. The number of ether oxygens (including phenoxy) is 1. The number of rotatable bonds is 4. The largest absolute Gasteiger partial charge is 0.465 e. The van der Waals surface area contributed by atoms with E-state index in [0.29, 0.717) is 17.2 Å². The summed E-state index contributed by atoms with van der Waals surface area (Å²) in [5.41, 5.74) is 6.25. The first-order valence-corrected chi connectivity index (χ1v) is 6.74. The minimum absolute atomic E-state index is 0.342. The molecule has 0 bridgehead atoms. The maximum atomic E-state index is 11.5. The fourth-order valence-corrected chi connectivity index (χ4v) is 2.64. The lowest BCUT2D eigenvalue weighted by molar-refractivity contribution is 0.0599. The summed E-state index contributed by atoms with van der Waals surface area (Å²) in [6.07, 6.45) is 2.38. The van der Waals surface area contributed by atoms with Gasteiger partial charge in [0.05, 0.1) is 13.7 Å². The van der Waals surface area contributed by atoms with E-state index in [4.69, 9.17) is 14.9 Å². The van der Waals surface area contributed by atoms with Crippen LogP contribution in [0.3, 0.4) is 0 Å². The van der Waals surface area contributed by atoms with Gasteiger partial charge in [-0.3, -0.25) is 4.90 Å². The van der Waals surface area contributed by atoms with Gasteiger partial charge in [-0.05, 0) is 44.8 Å². The molecule has 1 fully saturated rings. The van der Waals surface area contributed by atoms with Crippen LogP contribution in [0.15, 0.2) is 10.5 Å². The third-order valence-electron chi connectivity index (χ3n) is 3.69. The number of hydrogen-bond donors (Lipinski definition) is 1. The Hall–Kier alpha value is -1.33. The zero-order valence-corrected chi connectivity index (χ0v) is 11.6. The third-order valence-corrected chi connectivity index (χ3v) is 3.69. The lowest BCUT2D eigenvalue weighted by Crippen LogP contribution is -2.37. The zero-order chi connectivity index (χ0) is 13.8. The van der Waals surface area contributed by atoms with Crippen molar-refractivity contribution in [1.82, 2.24) is 4.90 Å². The van der Waals surface area contributed by atoms with E-state index in [2.05, 4.69) is 4.90 Å². The van der Waals surface area contributed by atoms with Gasteiger partial charge in [0.15, 0.2) is 0 Å². The van der Waals surface area contributed by atoms with Gasteiger partial charge in [0.25, 0.3) is 0 Å². The van der Waals surface area contributed by atoms with Gasteiger partial charge >= 0.3 is 5.97 Å². The number of carbonyl (C=O) groups excluding carboxylic acids is 1. The number of carbonyl (C=O) groups is 1. The van der Waals surface area contributed by atoms with Crippen molar-refractivity contribution in [3.05, 3.63) is 23.2 Å². The summed E-state index contributed by atoms with van der Waals surface area (Å²) >= 11 is 0. The molecule has 0 aromatic carbocycles. The van der Waals surface area contributed by atoms with E-state index in [0.717, 1.165) is 31.9 Å². The van der Waals surface area contributed by atoms with E-state index in [-0.39, 0.29) is 5.97 Å². The fraction of sp³-hybridized carbons (Fsp3) is 0.643. The first-order valence-electron chi connectivity index (χ1n) is 6.74. The van der Waals surface area contributed by atoms with Gasteiger partial charge in [0.2, 0.25) is 0 Å². The molecule has 1 aliphatic heterocycles. The van der Waals surface area contributed by atoms with Crippen molar-refractivity contribution in [3.8, 4) is 0 Å². The predicted octanol–water partition coefficient (Wildman–Crippen LogP) is 1.55. The van der Waals surface area contributed by atoms with Gasteiger partial charge in [0, 0.05) is 6.54 Å². The summed E-state index contributed by atoms with van der Waals surface area (Å²) in [7, 11) is 1.38. The van der Waals surface area contributed by atoms with Crippen LogP contribution in [0.4, 0.5) is 0 Å². The number of nitrogens with two attached hydrogens (primary N) is 1. The smallest absolute Gasteiger partial charge is 0.341 e. The van der Waals surface area contributed by atoms with Crippen LogP contribution >= 0.6 is 0 Å². The van der Waals surface area contributed by atoms with Crippen LogP contribution < -0.4 is 5.73 Å². The van der Waals surface area contributed by atoms with Gasteiger partial charge in [0.1, 0.15) is 17.1 Å². The molecule has 2 N–H and O–H groups in total. The fourth-order valence-electron chi connectivity index (χ4n) is 2.64. The standard InChI is InChI=1S/C14H22N2O3/c1-10-13(14(17)18-2)6-12(19-10)9-16-5-3-4-11(7-15)8-16/h6,11H,3-5,7-9,15H2,1-2H3. The molecule has 0 radical (unpaired) electrons. The molecule has 1 atom stereocenters. The van der Waals surface area contributed by atoms with Crippen LogP contribution in [0.25, 0.3) is 0 Å². The average molecular weight is 266 g/mol. The Bertz CT molecular complexity index is 442. The number of hydrogen-bond acceptors (Lipinski definition) is 5. The minimum atomic E-state index is -0.342. The molecule has 1 aliphatic rings. The topological polar surface area (TPSA) is 68.7 Å². The average Bonchev–Trinajstić information content (AvgIpc) is 2.79. The highest BCUT2D eigenvalue weighted by Crippen LogP contribution is 2.21. The van der Waals surface area contributed by atoms with Crippen LogP contribution in [0.1, 0.15) is 34.7 Å². The van der Waals surface area contributed by atoms with E-state index in [1.165, 1.54) is 20.0 Å². The zero-order valence-electron chi connectivity index (χ0n) is 11.6. The number of nitrogens with zero attached hydrogens (tertiary/aromatic N) is 1. The van der Waals surface area contributed by atoms with E-state index in [9.17, 15) is 4.79 Å². The van der Waals surface area contributed by atoms with Crippen molar-refractivity contribution in [2.45, 2.75) is 26.3 Å². The summed E-state index contributed by atoms with van der Waals surface area (Å²) < 4.78 is 10.4. The maximum absolute atomic E-state index is 11.5. The monoisotopic (exact) mass is 266 g/mol. The molecule has 5 heteroatoms. The molecule has 0 spiro atoms. The second kappa shape index (κ2) is 6.21. The summed E-state index contributed by atoms with van der Waals surface area (Å²) in [4.78, 5) is 13.9. The Kier molecular flexibility index (Phi) is 4.61. The highest BCUT2D eigenvalue weighted by atomic mass is 16.5. The molecule has 1 unspecified atom stereocenters. The van der Waals surface area contributed by atoms with Gasteiger partial charge in [-0.1, -0.05) is 0 Å². The molecule has 2 rings (SSSR count). The number of furan rings is 1. The molecular weight excluding hydrogens is 244 g/mol. The highest BCUT2D eigenvalue weighted by Gasteiger charge is 2.21. The van der Waals surface area contributed by atoms with Gasteiger partial charge in [-0.25, -0.2) is 4.79 Å². The summed E-state index contributed by atoms with van der Waals surface area (Å²) in [5, 5.41) is 0. The second-order valence-electron chi connectivity index (χ2n) is 5.15. The molecule has 19 heavy (non-hydrogen) atoms. The van der Waals surface area contributed by atoms with Crippen molar-refractivity contribution in [1.29, 1.82) is 0 Å². The molecule has 106 valence electrons. The minimum Gasteiger partial charge on any atom is -0.465 e. The number of methoxy groups -OCH3 is 1. The normalized spacial score (nSPS) is 20.5. The quantitative estimate of drug-likeness (QED) is 0.837. The number of aryl methyl sites for hydroxylation is 1. The van der Waals surface area contributed by atoms with Crippen LogP contribution in [-0.4, -0.2) is 37.6 Å². The Morgan fingerprint density at radius 3 is 3.11 bits per heavy atom. The SMILES string of the molecule is COC(=O)c1cc(CN2CCCC(CN)C2)oc1C. The Morgan fingerprint density at radius 2 is 2.42 bits per heavy atom. The van der Waals surface area contributed by atoms with Crippen molar-refractivity contribution in [2.75, 3.05) is 26.7 Å². The molecule has 2 heterocycles. The van der Waals surface area contributed by atoms with E-state index in [1.54, 1.807) is 13.0 Å². The van der Waals surface area contributed by atoms with E-state index >= 15 is 0 Å². The maximum Gasteiger partial charge on any atom is 0.341 e. The molecule has 1 saturated heterocycles. The second-order valence-corrected chi connectivity index (χ2v) is 5.15. The van der Waals surface area contributed by atoms with Crippen LogP contribution in [0.5, 0.6) is 0 Å². The molecule has 1 aromatic heterocycles. The Morgan fingerprint density at radius 1 is 1.63 bits per heavy atom. The van der Waals surface area contributed by atoms with Crippen molar-refractivity contribution in [2.24, 2.45) is 11.7 Å². The summed E-state index contributed by atoms with van der Waals surface area (Å²) in [5.74, 6) is 1.67. The molecule has 1 aromatic rings. The number of piperidine rings is 1. The predicted molar refractivity (Wildman–Crippen MR) is 71.8 cm³/mol. The van der Waals surface area contributed by atoms with Crippen molar-refractivity contribution in [3.63, 3.8) is 0 Å².